The maximum Gasteiger partial charge on any atom is 0.238 e. The van der Waals surface area contributed by atoms with Crippen LogP contribution in [-0.4, -0.2) is 60.4 Å². The van der Waals surface area contributed by atoms with Crippen LogP contribution in [0, 0.1) is 0 Å². The smallest absolute Gasteiger partial charge is 0.238 e. The van der Waals surface area contributed by atoms with Gasteiger partial charge in [0.15, 0.2) is 0 Å². The van der Waals surface area contributed by atoms with Gasteiger partial charge in [0.2, 0.25) is 11.8 Å². The van der Waals surface area contributed by atoms with Crippen LogP contribution in [0.3, 0.4) is 0 Å². The van der Waals surface area contributed by atoms with Crippen molar-refractivity contribution in [2.75, 3.05) is 43.4 Å². The van der Waals surface area contributed by atoms with E-state index in [9.17, 15) is 9.59 Å². The largest absolute Gasteiger partial charge is 0.326 e. The normalized spacial score (nSPS) is 19.5. The zero-order valence-corrected chi connectivity index (χ0v) is 14.8. The molecule has 24 heavy (non-hydrogen) atoms. The molecule has 1 aliphatic rings. The minimum absolute atomic E-state index is 0.000856. The summed E-state index contributed by atoms with van der Waals surface area (Å²) in [5.41, 5.74) is 1.47. The average molecular weight is 332 g/mol. The van der Waals surface area contributed by atoms with Gasteiger partial charge in [-0.1, -0.05) is 6.92 Å². The summed E-state index contributed by atoms with van der Waals surface area (Å²) in [6, 6.07) is 7.54. The Morgan fingerprint density at radius 3 is 2.33 bits per heavy atom. The van der Waals surface area contributed by atoms with Crippen LogP contribution in [0.5, 0.6) is 0 Å². The molecule has 1 aliphatic heterocycles. The van der Waals surface area contributed by atoms with Gasteiger partial charge in [-0.15, -0.1) is 0 Å². The van der Waals surface area contributed by atoms with E-state index >= 15 is 0 Å². The highest BCUT2D eigenvalue weighted by Crippen LogP contribution is 2.14. The molecule has 2 N–H and O–H groups in total. The first-order chi connectivity index (χ1) is 11.5. The van der Waals surface area contributed by atoms with Crippen LogP contribution >= 0.6 is 0 Å². The van der Waals surface area contributed by atoms with Gasteiger partial charge in [-0.25, -0.2) is 0 Å². The quantitative estimate of drug-likeness (QED) is 0.866. The van der Waals surface area contributed by atoms with E-state index in [0.717, 1.165) is 44.0 Å². The van der Waals surface area contributed by atoms with Gasteiger partial charge in [-0.05, 0) is 50.7 Å². The van der Waals surface area contributed by atoms with Crippen molar-refractivity contribution >= 4 is 23.2 Å². The highest BCUT2D eigenvalue weighted by Gasteiger charge is 2.22. The third-order valence-corrected chi connectivity index (χ3v) is 4.35. The number of hydrogen-bond acceptors (Lipinski definition) is 4. The van der Waals surface area contributed by atoms with Gasteiger partial charge in [0.05, 0.1) is 6.54 Å². The maximum atomic E-state index is 12.3. The molecule has 2 rings (SSSR count). The fourth-order valence-corrected chi connectivity index (χ4v) is 3.05. The van der Waals surface area contributed by atoms with Crippen molar-refractivity contribution in [2.24, 2.45) is 0 Å². The van der Waals surface area contributed by atoms with Crippen molar-refractivity contribution in [2.45, 2.75) is 33.2 Å². The summed E-state index contributed by atoms with van der Waals surface area (Å²) in [4.78, 5) is 28.0. The molecular formula is C18H28N4O2. The van der Waals surface area contributed by atoms with Gasteiger partial charge in [0, 0.05) is 37.4 Å². The number of anilines is 2. The summed E-state index contributed by atoms with van der Waals surface area (Å²) in [6.45, 7) is 10.4. The predicted octanol–water partition coefficient (Wildman–Crippen LogP) is 2.00. The van der Waals surface area contributed by atoms with Crippen LogP contribution in [0.2, 0.25) is 0 Å². The Kier molecular flexibility index (Phi) is 6.75. The Morgan fingerprint density at radius 1 is 1.12 bits per heavy atom. The van der Waals surface area contributed by atoms with E-state index in [1.807, 2.05) is 0 Å². The molecule has 0 saturated carbocycles. The minimum atomic E-state index is -0.108. The average Bonchev–Trinajstić information content (AvgIpc) is 2.70. The Balaban J connectivity index is 1.87. The molecule has 0 radical (unpaired) electrons. The lowest BCUT2D eigenvalue weighted by atomic mass is 10.2. The minimum Gasteiger partial charge on any atom is -0.326 e. The molecule has 6 nitrogen and oxygen atoms in total. The maximum absolute atomic E-state index is 12.3. The van der Waals surface area contributed by atoms with Crippen molar-refractivity contribution in [1.82, 2.24) is 9.80 Å². The summed E-state index contributed by atoms with van der Waals surface area (Å²) in [5, 5.41) is 5.64. The summed E-state index contributed by atoms with van der Waals surface area (Å²) in [7, 11) is 0. The molecule has 0 unspecified atom stereocenters. The summed E-state index contributed by atoms with van der Waals surface area (Å²) < 4.78 is 0. The van der Waals surface area contributed by atoms with Gasteiger partial charge in [-0.2, -0.15) is 0 Å². The number of nitrogens with zero attached hydrogens (tertiary/aromatic N) is 2. The van der Waals surface area contributed by atoms with Gasteiger partial charge in [-0.3, -0.25) is 14.5 Å². The molecule has 1 heterocycles. The van der Waals surface area contributed by atoms with Gasteiger partial charge < -0.3 is 15.5 Å². The monoisotopic (exact) mass is 332 g/mol. The standard InChI is InChI=1S/C18H28N4O2/c1-4-21-10-5-11-22(14(2)12-21)13-18(24)20-17-8-6-16(7-9-17)19-15(3)23/h6-9,14H,4-5,10-13H2,1-3H3,(H,19,23)(H,20,24)/t14-/m1/s1. The molecule has 0 aromatic heterocycles. The number of hydrogen-bond donors (Lipinski definition) is 2. The van der Waals surface area contributed by atoms with E-state index in [1.54, 1.807) is 24.3 Å². The van der Waals surface area contributed by atoms with Gasteiger partial charge >= 0.3 is 0 Å². The molecule has 6 heteroatoms. The Hall–Kier alpha value is -1.92. The molecule has 0 bridgehead atoms. The molecule has 1 saturated heterocycles. The highest BCUT2D eigenvalue weighted by atomic mass is 16.2. The first kappa shape index (κ1) is 18.4. The van der Waals surface area contributed by atoms with Crippen molar-refractivity contribution in [3.8, 4) is 0 Å². The highest BCUT2D eigenvalue weighted by molar-refractivity contribution is 5.93. The molecule has 1 fully saturated rings. The van der Waals surface area contributed by atoms with Crippen molar-refractivity contribution < 1.29 is 9.59 Å². The van der Waals surface area contributed by atoms with Crippen LogP contribution in [0.15, 0.2) is 24.3 Å². The molecule has 1 atom stereocenters. The predicted molar refractivity (Wildman–Crippen MR) is 97.1 cm³/mol. The zero-order valence-electron chi connectivity index (χ0n) is 14.8. The SMILES string of the molecule is CCN1CCCN(CC(=O)Nc2ccc(NC(C)=O)cc2)[C@H](C)C1. The van der Waals surface area contributed by atoms with Crippen LogP contribution in [0.1, 0.15) is 27.2 Å². The fourth-order valence-electron chi connectivity index (χ4n) is 3.05. The van der Waals surface area contributed by atoms with Crippen molar-refractivity contribution in [3.63, 3.8) is 0 Å². The number of carbonyl (C=O) groups excluding carboxylic acids is 2. The second-order valence-corrected chi connectivity index (χ2v) is 6.37. The summed E-state index contributed by atoms with van der Waals surface area (Å²) >= 11 is 0. The molecule has 132 valence electrons. The molecule has 0 aliphatic carbocycles. The second kappa shape index (κ2) is 8.80. The molecule has 2 amide bonds. The lowest BCUT2D eigenvalue weighted by molar-refractivity contribution is -0.118. The van der Waals surface area contributed by atoms with Crippen molar-refractivity contribution in [3.05, 3.63) is 24.3 Å². The zero-order chi connectivity index (χ0) is 17.5. The van der Waals surface area contributed by atoms with E-state index < -0.39 is 0 Å². The Bertz CT molecular complexity index is 559. The fraction of sp³-hybridized carbons (Fsp3) is 0.556. The number of benzene rings is 1. The second-order valence-electron chi connectivity index (χ2n) is 6.37. The molecular weight excluding hydrogens is 304 g/mol. The summed E-state index contributed by atoms with van der Waals surface area (Å²) in [6.07, 6.45) is 1.09. The number of rotatable bonds is 5. The van der Waals surface area contributed by atoms with Gasteiger partial charge in [0.25, 0.3) is 0 Å². The third kappa shape index (κ3) is 5.62. The first-order valence-corrected chi connectivity index (χ1v) is 8.62. The molecule has 1 aromatic rings. The van der Waals surface area contributed by atoms with Crippen LogP contribution in [0.25, 0.3) is 0 Å². The third-order valence-electron chi connectivity index (χ3n) is 4.35. The lowest BCUT2D eigenvalue weighted by Gasteiger charge is -2.27. The number of amides is 2. The number of likely N-dealkylation sites (N-methyl/N-ethyl adjacent to an activating group) is 1. The van der Waals surface area contributed by atoms with Crippen LogP contribution in [-0.2, 0) is 9.59 Å². The van der Waals surface area contributed by atoms with Crippen LogP contribution in [0.4, 0.5) is 11.4 Å². The van der Waals surface area contributed by atoms with E-state index in [1.165, 1.54) is 6.92 Å². The summed E-state index contributed by atoms with van der Waals surface area (Å²) in [5.74, 6) is -0.109. The molecule has 0 spiro atoms. The molecule has 1 aromatic carbocycles. The van der Waals surface area contributed by atoms with Crippen LogP contribution < -0.4 is 10.6 Å². The van der Waals surface area contributed by atoms with E-state index in [-0.39, 0.29) is 11.8 Å². The Labute approximate surface area is 144 Å². The number of nitrogens with one attached hydrogen (secondary N) is 2. The van der Waals surface area contributed by atoms with Crippen molar-refractivity contribution in [1.29, 1.82) is 0 Å². The topological polar surface area (TPSA) is 64.7 Å². The van der Waals surface area contributed by atoms with E-state index in [0.29, 0.717) is 12.6 Å². The van der Waals surface area contributed by atoms with Gasteiger partial charge in [0.1, 0.15) is 0 Å². The Morgan fingerprint density at radius 2 is 1.75 bits per heavy atom. The first-order valence-electron chi connectivity index (χ1n) is 8.62. The van der Waals surface area contributed by atoms with E-state index in [4.69, 9.17) is 0 Å². The van der Waals surface area contributed by atoms with E-state index in [2.05, 4.69) is 34.3 Å². The lowest BCUT2D eigenvalue weighted by Crippen LogP contribution is -2.42. The number of carbonyl (C=O) groups is 2.